The molecule has 1 rings (SSSR count). The van der Waals surface area contributed by atoms with Gasteiger partial charge in [0, 0.05) is 18.3 Å². The molecule has 0 aliphatic rings. The lowest BCUT2D eigenvalue weighted by Crippen LogP contribution is -2.57. The Morgan fingerprint density at radius 3 is 2.13 bits per heavy atom. The minimum Gasteiger partial charge on any atom is -0.481 e. The maximum absolute atomic E-state index is 12.8. The van der Waals surface area contributed by atoms with Gasteiger partial charge in [-0.2, -0.15) is 0 Å². The van der Waals surface area contributed by atoms with Crippen molar-refractivity contribution in [1.82, 2.24) is 25.9 Å². The molecule has 3 unspecified atom stereocenters. The van der Waals surface area contributed by atoms with Gasteiger partial charge in [-0.15, -0.1) is 0 Å². The standard InChI is InChI=1S/C18H28N6O7/c1-9(2)3-11(16(28)24-13(18(30)31)5-15(26)27)23-17(29)12(22-14(25)6-19)4-10-7-20-8-21-10/h7-9,11-13H,3-6,19H2,1-2H3,(H,20,21)(H,22,25)(H,23,29)(H,24,28)(H,26,27)(H,30,31). The predicted molar refractivity (Wildman–Crippen MR) is 106 cm³/mol. The number of hydrogen-bond donors (Lipinski definition) is 7. The second-order valence-corrected chi connectivity index (χ2v) is 7.29. The Morgan fingerprint density at radius 2 is 1.65 bits per heavy atom. The van der Waals surface area contributed by atoms with E-state index in [0.29, 0.717) is 5.69 Å². The highest BCUT2D eigenvalue weighted by Gasteiger charge is 2.31. The average molecular weight is 440 g/mol. The van der Waals surface area contributed by atoms with E-state index in [0.717, 1.165) is 0 Å². The zero-order valence-corrected chi connectivity index (χ0v) is 17.3. The van der Waals surface area contributed by atoms with Gasteiger partial charge in [0.15, 0.2) is 0 Å². The smallest absolute Gasteiger partial charge is 0.326 e. The van der Waals surface area contributed by atoms with Gasteiger partial charge in [-0.05, 0) is 12.3 Å². The quantitative estimate of drug-likeness (QED) is 0.180. The summed E-state index contributed by atoms with van der Waals surface area (Å²) in [6.07, 6.45) is 2.25. The molecular formula is C18H28N6O7. The summed E-state index contributed by atoms with van der Waals surface area (Å²) in [7, 11) is 0. The Bertz CT molecular complexity index is 780. The van der Waals surface area contributed by atoms with Crippen molar-refractivity contribution >= 4 is 29.7 Å². The molecular weight excluding hydrogens is 412 g/mol. The number of aliphatic carboxylic acids is 2. The van der Waals surface area contributed by atoms with Crippen LogP contribution in [0.3, 0.4) is 0 Å². The van der Waals surface area contributed by atoms with Crippen LogP contribution in [-0.4, -0.2) is 74.5 Å². The molecule has 0 bridgehead atoms. The third kappa shape index (κ3) is 9.25. The predicted octanol–water partition coefficient (Wildman–Crippen LogP) is -2.03. The van der Waals surface area contributed by atoms with Crippen LogP contribution in [0.15, 0.2) is 12.5 Å². The van der Waals surface area contributed by atoms with E-state index >= 15 is 0 Å². The summed E-state index contributed by atoms with van der Waals surface area (Å²) < 4.78 is 0. The van der Waals surface area contributed by atoms with Gasteiger partial charge in [-0.25, -0.2) is 9.78 Å². The summed E-state index contributed by atoms with van der Waals surface area (Å²) >= 11 is 0. The van der Waals surface area contributed by atoms with Gasteiger partial charge in [0.05, 0.1) is 19.3 Å². The Hall–Kier alpha value is -3.48. The summed E-state index contributed by atoms with van der Waals surface area (Å²) in [4.78, 5) is 65.9. The number of hydrogen-bond acceptors (Lipinski definition) is 7. The third-order valence-electron chi connectivity index (χ3n) is 4.15. The minimum atomic E-state index is -1.66. The first-order chi connectivity index (χ1) is 14.5. The topological polar surface area (TPSA) is 217 Å². The van der Waals surface area contributed by atoms with E-state index in [1.807, 2.05) is 0 Å². The molecule has 0 radical (unpaired) electrons. The molecule has 1 aromatic heterocycles. The first kappa shape index (κ1) is 25.6. The highest BCUT2D eigenvalue weighted by molar-refractivity contribution is 5.94. The van der Waals surface area contributed by atoms with Crippen molar-refractivity contribution < 1.29 is 34.2 Å². The second-order valence-electron chi connectivity index (χ2n) is 7.29. The van der Waals surface area contributed by atoms with Crippen molar-refractivity contribution in [1.29, 1.82) is 0 Å². The molecule has 31 heavy (non-hydrogen) atoms. The van der Waals surface area contributed by atoms with E-state index in [9.17, 15) is 24.0 Å². The number of carboxylic acid groups (broad SMARTS) is 2. The Labute approximate surface area is 178 Å². The van der Waals surface area contributed by atoms with Crippen LogP contribution >= 0.6 is 0 Å². The molecule has 0 aliphatic carbocycles. The fourth-order valence-electron chi connectivity index (χ4n) is 2.70. The summed E-state index contributed by atoms with van der Waals surface area (Å²) in [5.41, 5.74) is 5.85. The molecule has 0 fully saturated rings. The monoisotopic (exact) mass is 440 g/mol. The van der Waals surface area contributed by atoms with E-state index in [2.05, 4.69) is 25.9 Å². The fourth-order valence-corrected chi connectivity index (χ4v) is 2.70. The van der Waals surface area contributed by atoms with Gasteiger partial charge < -0.3 is 36.9 Å². The third-order valence-corrected chi connectivity index (χ3v) is 4.15. The van der Waals surface area contributed by atoms with E-state index in [4.69, 9.17) is 15.9 Å². The van der Waals surface area contributed by atoms with Gasteiger partial charge in [-0.3, -0.25) is 19.2 Å². The lowest BCUT2D eigenvalue weighted by Gasteiger charge is -2.25. The number of carbonyl (C=O) groups is 5. The number of aromatic amines is 1. The number of rotatable bonds is 13. The number of aromatic nitrogens is 2. The number of carboxylic acids is 2. The molecule has 172 valence electrons. The van der Waals surface area contributed by atoms with Crippen LogP contribution in [0.5, 0.6) is 0 Å². The fraction of sp³-hybridized carbons (Fsp3) is 0.556. The summed E-state index contributed by atoms with van der Waals surface area (Å²) in [5, 5.41) is 25.1. The molecule has 8 N–H and O–H groups in total. The lowest BCUT2D eigenvalue weighted by molar-refractivity contribution is -0.147. The molecule has 1 heterocycles. The lowest BCUT2D eigenvalue weighted by atomic mass is 10.0. The Balaban J connectivity index is 2.98. The summed E-state index contributed by atoms with van der Waals surface area (Å²) in [5.74, 6) is -5.11. The van der Waals surface area contributed by atoms with Gasteiger partial charge >= 0.3 is 11.9 Å². The summed E-state index contributed by atoms with van der Waals surface area (Å²) in [6.45, 7) is 3.23. The largest absolute Gasteiger partial charge is 0.481 e. The molecule has 13 heteroatoms. The molecule has 3 amide bonds. The van der Waals surface area contributed by atoms with Gasteiger partial charge in [0.1, 0.15) is 18.1 Å². The van der Waals surface area contributed by atoms with Crippen molar-refractivity contribution in [3.8, 4) is 0 Å². The number of H-pyrrole nitrogens is 1. The van der Waals surface area contributed by atoms with Gasteiger partial charge in [0.2, 0.25) is 17.7 Å². The van der Waals surface area contributed by atoms with Gasteiger partial charge in [0.25, 0.3) is 0 Å². The van der Waals surface area contributed by atoms with E-state index in [1.165, 1.54) is 12.5 Å². The molecule has 0 aromatic carbocycles. The number of nitrogens with two attached hydrogens (primary N) is 1. The molecule has 0 saturated heterocycles. The maximum Gasteiger partial charge on any atom is 0.326 e. The summed E-state index contributed by atoms with van der Waals surface area (Å²) in [6, 6.07) is -3.88. The maximum atomic E-state index is 12.8. The SMILES string of the molecule is CC(C)CC(NC(=O)C(Cc1cnc[nH]1)NC(=O)CN)C(=O)NC(CC(=O)O)C(=O)O. The van der Waals surface area contributed by atoms with Crippen LogP contribution in [0, 0.1) is 5.92 Å². The zero-order valence-electron chi connectivity index (χ0n) is 17.3. The van der Waals surface area contributed by atoms with Crippen LogP contribution in [0.25, 0.3) is 0 Å². The average Bonchev–Trinajstić information content (AvgIpc) is 3.18. The molecule has 1 aromatic rings. The number of nitrogens with zero attached hydrogens (tertiary/aromatic N) is 1. The van der Waals surface area contributed by atoms with E-state index < -0.39 is 54.2 Å². The van der Waals surface area contributed by atoms with Crippen molar-refractivity contribution in [2.24, 2.45) is 11.7 Å². The number of nitrogens with one attached hydrogen (secondary N) is 4. The van der Waals surface area contributed by atoms with Crippen molar-refractivity contribution in [3.63, 3.8) is 0 Å². The van der Waals surface area contributed by atoms with E-state index in [1.54, 1.807) is 13.8 Å². The molecule has 0 saturated carbocycles. The van der Waals surface area contributed by atoms with Gasteiger partial charge in [-0.1, -0.05) is 13.8 Å². The minimum absolute atomic E-state index is 0.0460. The Morgan fingerprint density at radius 1 is 1.03 bits per heavy atom. The Kier molecular flexibility index (Phi) is 10.1. The van der Waals surface area contributed by atoms with Crippen molar-refractivity contribution in [3.05, 3.63) is 18.2 Å². The highest BCUT2D eigenvalue weighted by Crippen LogP contribution is 2.08. The molecule has 3 atom stereocenters. The zero-order chi connectivity index (χ0) is 23.6. The number of carbonyl (C=O) groups excluding carboxylic acids is 3. The van der Waals surface area contributed by atoms with Crippen LogP contribution in [0.2, 0.25) is 0 Å². The van der Waals surface area contributed by atoms with E-state index in [-0.39, 0.29) is 25.3 Å². The first-order valence-corrected chi connectivity index (χ1v) is 9.55. The molecule has 0 aliphatic heterocycles. The van der Waals surface area contributed by atoms with Crippen molar-refractivity contribution in [2.45, 2.75) is 51.2 Å². The van der Waals surface area contributed by atoms with Crippen LogP contribution < -0.4 is 21.7 Å². The van der Waals surface area contributed by atoms with Crippen LogP contribution in [0.4, 0.5) is 0 Å². The first-order valence-electron chi connectivity index (χ1n) is 9.55. The number of amides is 3. The van der Waals surface area contributed by atoms with Crippen LogP contribution in [-0.2, 0) is 30.4 Å². The normalized spacial score (nSPS) is 13.7. The molecule has 13 nitrogen and oxygen atoms in total. The highest BCUT2D eigenvalue weighted by atomic mass is 16.4. The van der Waals surface area contributed by atoms with Crippen molar-refractivity contribution in [2.75, 3.05) is 6.54 Å². The second kappa shape index (κ2) is 12.3. The van der Waals surface area contributed by atoms with Crippen LogP contribution in [0.1, 0.15) is 32.4 Å². The molecule has 0 spiro atoms. The number of imidazole rings is 1.